The van der Waals surface area contributed by atoms with Crippen LogP contribution in [0.3, 0.4) is 0 Å². The molecule has 1 aliphatic heterocycles. The van der Waals surface area contributed by atoms with E-state index in [9.17, 15) is 9.59 Å². The first kappa shape index (κ1) is 12.4. The number of carbonyl (C=O) groups excluding carboxylic acids is 1. The highest BCUT2D eigenvalue weighted by Crippen LogP contribution is 2.24. The molecule has 6 heteroatoms. The van der Waals surface area contributed by atoms with Crippen molar-refractivity contribution in [2.45, 2.75) is 26.6 Å². The first-order valence-electron chi connectivity index (χ1n) is 4.69. The molecule has 90 valence electrons. The van der Waals surface area contributed by atoms with E-state index in [-0.39, 0.29) is 12.0 Å². The van der Waals surface area contributed by atoms with E-state index >= 15 is 0 Å². The average Bonchev–Trinajstić information content (AvgIpc) is 2.62. The van der Waals surface area contributed by atoms with Gasteiger partial charge < -0.3 is 19.3 Å². The van der Waals surface area contributed by atoms with Gasteiger partial charge in [-0.05, 0) is 5.41 Å². The zero-order valence-electron chi connectivity index (χ0n) is 9.35. The number of aliphatic carboxylic acids is 1. The lowest BCUT2D eigenvalue weighted by Gasteiger charge is -2.23. The highest BCUT2D eigenvalue weighted by atomic mass is 16.8. The maximum atomic E-state index is 11.6. The van der Waals surface area contributed by atoms with Crippen LogP contribution in [-0.4, -0.2) is 29.4 Å². The van der Waals surface area contributed by atoms with Crippen molar-refractivity contribution < 1.29 is 28.9 Å². The fourth-order valence-electron chi connectivity index (χ4n) is 0.936. The predicted octanol–water partition coefficient (Wildman–Crippen LogP) is 0.875. The summed E-state index contributed by atoms with van der Waals surface area (Å²) in [5.41, 5.74) is -0.263. The van der Waals surface area contributed by atoms with Crippen molar-refractivity contribution in [3.05, 3.63) is 12.5 Å². The maximum Gasteiger partial charge on any atom is 0.452 e. The Hall–Kier alpha value is -1.72. The van der Waals surface area contributed by atoms with E-state index in [1.807, 2.05) is 20.8 Å². The topological polar surface area (TPSA) is 82.1 Å². The van der Waals surface area contributed by atoms with Crippen molar-refractivity contribution in [1.82, 2.24) is 0 Å². The Balaban J connectivity index is 2.67. The van der Waals surface area contributed by atoms with E-state index in [0.29, 0.717) is 0 Å². The summed E-state index contributed by atoms with van der Waals surface area (Å²) < 4.78 is 14.1. The van der Waals surface area contributed by atoms with Gasteiger partial charge in [0.1, 0.15) is 12.5 Å². The van der Waals surface area contributed by atoms with Gasteiger partial charge >= 0.3 is 17.7 Å². The number of ether oxygens (including phenoxy) is 3. The predicted molar refractivity (Wildman–Crippen MR) is 52.1 cm³/mol. The molecule has 6 nitrogen and oxygen atoms in total. The molecule has 0 amide bonds. The second kappa shape index (κ2) is 4.03. The maximum absolute atomic E-state index is 11.6. The average molecular weight is 230 g/mol. The molecule has 0 fully saturated rings. The van der Waals surface area contributed by atoms with E-state index in [1.54, 1.807) is 0 Å². The molecule has 0 bridgehead atoms. The normalized spacial score (nSPS) is 17.4. The van der Waals surface area contributed by atoms with Crippen LogP contribution >= 0.6 is 0 Å². The van der Waals surface area contributed by atoms with Crippen molar-refractivity contribution >= 4 is 11.9 Å². The molecule has 0 saturated carbocycles. The molecule has 0 aromatic carbocycles. The molecule has 0 aliphatic carbocycles. The number of rotatable bonds is 3. The lowest BCUT2D eigenvalue weighted by atomic mass is 9.99. The third-order valence-electron chi connectivity index (χ3n) is 1.71. The van der Waals surface area contributed by atoms with Crippen molar-refractivity contribution in [3.8, 4) is 0 Å². The number of carboxylic acids is 1. The van der Waals surface area contributed by atoms with Crippen molar-refractivity contribution in [3.63, 3.8) is 0 Å². The highest BCUT2D eigenvalue weighted by molar-refractivity contribution is 6.01. The molecule has 1 heterocycles. The summed E-state index contributed by atoms with van der Waals surface area (Å²) in [6, 6.07) is 0. The van der Waals surface area contributed by atoms with Crippen LogP contribution in [-0.2, 0) is 23.8 Å². The molecule has 1 rings (SSSR count). The molecule has 0 spiro atoms. The smallest absolute Gasteiger partial charge is 0.452 e. The lowest BCUT2D eigenvalue weighted by Crippen LogP contribution is -2.49. The second-order valence-corrected chi connectivity index (χ2v) is 4.57. The van der Waals surface area contributed by atoms with Crippen molar-refractivity contribution in [2.24, 2.45) is 5.41 Å². The molecular weight excluding hydrogens is 216 g/mol. The monoisotopic (exact) mass is 230 g/mol. The summed E-state index contributed by atoms with van der Waals surface area (Å²) in [5, 5.41) is 8.87. The zero-order chi connectivity index (χ0) is 12.4. The Morgan fingerprint density at radius 2 is 1.81 bits per heavy atom. The Morgan fingerprint density at radius 3 is 2.19 bits per heavy atom. The highest BCUT2D eigenvalue weighted by Gasteiger charge is 2.55. The molecule has 0 radical (unpaired) electrons. The van der Waals surface area contributed by atoms with Gasteiger partial charge in [0.25, 0.3) is 0 Å². The van der Waals surface area contributed by atoms with Gasteiger partial charge in [0.15, 0.2) is 0 Å². The van der Waals surface area contributed by atoms with E-state index in [4.69, 9.17) is 9.84 Å². The first-order valence-corrected chi connectivity index (χ1v) is 4.69. The minimum atomic E-state index is -2.38. The molecule has 16 heavy (non-hydrogen) atoms. The Morgan fingerprint density at radius 1 is 1.31 bits per heavy atom. The van der Waals surface area contributed by atoms with E-state index in [2.05, 4.69) is 9.47 Å². The standard InChI is InChI=1S/C10H14O6/c1-9(2,3)6-14-8(13)10(7(11)12)15-4-5-16-10/h4-5H,6H2,1-3H3,(H,11,12). The van der Waals surface area contributed by atoms with Crippen LogP contribution in [0, 0.1) is 5.41 Å². The van der Waals surface area contributed by atoms with Gasteiger partial charge in [-0.1, -0.05) is 20.8 Å². The van der Waals surface area contributed by atoms with Gasteiger partial charge in [-0.25, -0.2) is 9.59 Å². The van der Waals surface area contributed by atoms with E-state index in [0.717, 1.165) is 12.5 Å². The summed E-state index contributed by atoms with van der Waals surface area (Å²) >= 11 is 0. The van der Waals surface area contributed by atoms with Crippen LogP contribution in [0.2, 0.25) is 0 Å². The molecular formula is C10H14O6. The quantitative estimate of drug-likeness (QED) is 0.572. The second-order valence-electron chi connectivity index (χ2n) is 4.57. The summed E-state index contributed by atoms with van der Waals surface area (Å²) in [4.78, 5) is 22.5. The van der Waals surface area contributed by atoms with Gasteiger partial charge in [0.05, 0.1) is 6.61 Å². The summed E-state index contributed by atoms with van der Waals surface area (Å²) in [5.74, 6) is -5.00. The van der Waals surface area contributed by atoms with Gasteiger partial charge in [0, 0.05) is 0 Å². The number of carbonyl (C=O) groups is 2. The third kappa shape index (κ3) is 2.44. The molecule has 0 atom stereocenters. The lowest BCUT2D eigenvalue weighted by molar-refractivity contribution is -0.215. The molecule has 1 N–H and O–H groups in total. The SMILES string of the molecule is CC(C)(C)COC(=O)C1(C(=O)O)OC=CO1. The zero-order valence-corrected chi connectivity index (χ0v) is 9.35. The van der Waals surface area contributed by atoms with Gasteiger partial charge in [-0.15, -0.1) is 0 Å². The summed E-state index contributed by atoms with van der Waals surface area (Å²) in [6.07, 6.45) is 1.99. The Bertz CT molecular complexity index is 317. The fourth-order valence-corrected chi connectivity index (χ4v) is 0.936. The number of hydrogen-bond donors (Lipinski definition) is 1. The van der Waals surface area contributed by atoms with Crippen LogP contribution in [0.15, 0.2) is 12.5 Å². The molecule has 0 aromatic rings. The van der Waals surface area contributed by atoms with Gasteiger partial charge in [-0.3, -0.25) is 0 Å². The van der Waals surface area contributed by atoms with Gasteiger partial charge in [0.2, 0.25) is 0 Å². The van der Waals surface area contributed by atoms with Crippen LogP contribution in [0.5, 0.6) is 0 Å². The molecule has 0 aromatic heterocycles. The Kier molecular flexibility index (Phi) is 3.11. The van der Waals surface area contributed by atoms with Crippen LogP contribution in [0.1, 0.15) is 20.8 Å². The number of esters is 1. The number of carboxylic acid groups (broad SMARTS) is 1. The number of hydrogen-bond acceptors (Lipinski definition) is 5. The largest absolute Gasteiger partial charge is 0.475 e. The third-order valence-corrected chi connectivity index (χ3v) is 1.71. The molecule has 0 saturated heterocycles. The minimum absolute atomic E-state index is 0.0770. The summed E-state index contributed by atoms with van der Waals surface area (Å²) in [6.45, 7) is 5.63. The van der Waals surface area contributed by atoms with Gasteiger partial charge in [-0.2, -0.15) is 0 Å². The van der Waals surface area contributed by atoms with E-state index in [1.165, 1.54) is 0 Å². The van der Waals surface area contributed by atoms with Crippen LogP contribution in [0.25, 0.3) is 0 Å². The van der Waals surface area contributed by atoms with E-state index < -0.39 is 17.7 Å². The minimum Gasteiger partial charge on any atom is -0.475 e. The fraction of sp³-hybridized carbons (Fsp3) is 0.600. The van der Waals surface area contributed by atoms with Crippen LogP contribution in [0.4, 0.5) is 0 Å². The van der Waals surface area contributed by atoms with Crippen LogP contribution < -0.4 is 0 Å². The first-order chi connectivity index (χ1) is 7.28. The molecule has 0 unspecified atom stereocenters. The molecule has 1 aliphatic rings. The van der Waals surface area contributed by atoms with Crippen molar-refractivity contribution in [2.75, 3.05) is 6.61 Å². The summed E-state index contributed by atoms with van der Waals surface area (Å²) in [7, 11) is 0. The Labute approximate surface area is 92.8 Å². The van der Waals surface area contributed by atoms with Crippen molar-refractivity contribution in [1.29, 1.82) is 0 Å².